The molecule has 0 spiro atoms. The van der Waals surface area contributed by atoms with E-state index in [1.54, 1.807) is 13.8 Å². The summed E-state index contributed by atoms with van der Waals surface area (Å²) in [4.78, 5) is 0. The second kappa shape index (κ2) is 3.25. The summed E-state index contributed by atoms with van der Waals surface area (Å²) in [6.07, 6.45) is -2.30. The number of hydrogen-bond donors (Lipinski definition) is 0. The third kappa shape index (κ3) is 1.64. The van der Waals surface area contributed by atoms with Gasteiger partial charge in [-0.05, 0) is 33.1 Å². The molecule has 0 radical (unpaired) electrons. The molecule has 1 heterocycles. The maximum atomic E-state index is 12.8. The Morgan fingerprint density at radius 3 is 2.47 bits per heavy atom. The predicted molar refractivity (Wildman–Crippen MR) is 49.6 cm³/mol. The van der Waals surface area contributed by atoms with Crippen LogP contribution in [0.3, 0.4) is 0 Å². The first kappa shape index (κ1) is 10.5. The highest BCUT2D eigenvalue weighted by atomic mass is 19.4. The van der Waals surface area contributed by atoms with Gasteiger partial charge in [0.05, 0.1) is 5.69 Å². The van der Waals surface area contributed by atoms with Gasteiger partial charge in [-0.15, -0.1) is 0 Å². The molecule has 2 nitrogen and oxygen atoms in total. The summed E-state index contributed by atoms with van der Waals surface area (Å²) < 4.78 is 39.6. The van der Waals surface area contributed by atoms with E-state index in [1.165, 1.54) is 0 Å². The van der Waals surface area contributed by atoms with Crippen molar-refractivity contribution in [1.29, 1.82) is 0 Å². The Balaban J connectivity index is 2.58. The summed E-state index contributed by atoms with van der Waals surface area (Å²) >= 11 is 0. The Kier molecular flexibility index (Phi) is 2.28. The first-order valence-electron chi connectivity index (χ1n) is 5.08. The van der Waals surface area contributed by atoms with Crippen LogP contribution in [-0.2, 0) is 19.0 Å². The molecular weight excluding hydrogens is 205 g/mol. The number of fused-ring (bicyclic) bond motifs is 1. The van der Waals surface area contributed by atoms with E-state index in [2.05, 4.69) is 5.10 Å². The summed E-state index contributed by atoms with van der Waals surface area (Å²) in [5.41, 5.74) is 0.511. The van der Waals surface area contributed by atoms with Gasteiger partial charge in [-0.2, -0.15) is 18.3 Å². The van der Waals surface area contributed by atoms with Crippen molar-refractivity contribution in [1.82, 2.24) is 9.78 Å². The zero-order chi connectivity index (χ0) is 11.2. The van der Waals surface area contributed by atoms with Crippen molar-refractivity contribution in [3.8, 4) is 0 Å². The largest absolute Gasteiger partial charge is 0.433 e. The number of aryl methyl sites for hydroxylation is 1. The fraction of sp³-hybridized carbons (Fsp3) is 0.700. The molecule has 0 aliphatic heterocycles. The SMILES string of the molecule is CC(C)n1nc2c(c1C(F)(F)F)CCC2. The lowest BCUT2D eigenvalue weighted by Gasteiger charge is -2.14. The van der Waals surface area contributed by atoms with Gasteiger partial charge in [-0.1, -0.05) is 0 Å². The van der Waals surface area contributed by atoms with E-state index in [4.69, 9.17) is 0 Å². The van der Waals surface area contributed by atoms with Gasteiger partial charge in [-0.25, -0.2) is 0 Å². The molecule has 2 rings (SSSR count). The molecule has 1 aliphatic carbocycles. The minimum absolute atomic E-state index is 0.243. The van der Waals surface area contributed by atoms with Gasteiger partial charge in [0.25, 0.3) is 0 Å². The molecule has 0 saturated heterocycles. The van der Waals surface area contributed by atoms with Crippen molar-refractivity contribution >= 4 is 0 Å². The van der Waals surface area contributed by atoms with Crippen molar-refractivity contribution < 1.29 is 13.2 Å². The maximum absolute atomic E-state index is 12.8. The lowest BCUT2D eigenvalue weighted by atomic mass is 10.2. The fourth-order valence-corrected chi connectivity index (χ4v) is 2.09. The molecule has 0 N–H and O–H groups in total. The van der Waals surface area contributed by atoms with E-state index in [9.17, 15) is 13.2 Å². The topological polar surface area (TPSA) is 17.8 Å². The monoisotopic (exact) mass is 218 g/mol. The standard InChI is InChI=1S/C10H13F3N2/c1-6(2)15-9(10(11,12)13)7-4-3-5-8(7)14-15/h6H,3-5H2,1-2H3. The molecule has 0 saturated carbocycles. The molecule has 15 heavy (non-hydrogen) atoms. The summed E-state index contributed by atoms with van der Waals surface area (Å²) in [5.74, 6) is 0. The molecule has 1 aromatic rings. The zero-order valence-electron chi connectivity index (χ0n) is 8.73. The van der Waals surface area contributed by atoms with Crippen molar-refractivity contribution in [3.63, 3.8) is 0 Å². The molecule has 0 unspecified atom stereocenters. The number of rotatable bonds is 1. The van der Waals surface area contributed by atoms with Crippen molar-refractivity contribution in [2.45, 2.75) is 45.3 Å². The molecular formula is C10H13F3N2. The fourth-order valence-electron chi connectivity index (χ4n) is 2.09. The van der Waals surface area contributed by atoms with Gasteiger partial charge in [0.2, 0.25) is 0 Å². The Hall–Kier alpha value is -1.00. The van der Waals surface area contributed by atoms with Gasteiger partial charge in [0, 0.05) is 11.6 Å². The number of halogens is 3. The predicted octanol–water partition coefficient (Wildman–Crippen LogP) is 2.97. The van der Waals surface area contributed by atoms with E-state index in [-0.39, 0.29) is 6.04 Å². The van der Waals surface area contributed by atoms with Gasteiger partial charge in [-0.3, -0.25) is 4.68 Å². The molecule has 1 aromatic heterocycles. The Morgan fingerprint density at radius 1 is 1.27 bits per heavy atom. The van der Waals surface area contributed by atoms with Crippen LogP contribution in [0, 0.1) is 0 Å². The zero-order valence-corrected chi connectivity index (χ0v) is 8.73. The highest BCUT2D eigenvalue weighted by Crippen LogP contribution is 2.38. The van der Waals surface area contributed by atoms with Crippen LogP contribution in [-0.4, -0.2) is 9.78 Å². The number of nitrogens with zero attached hydrogens (tertiary/aromatic N) is 2. The van der Waals surface area contributed by atoms with Gasteiger partial charge in [0.15, 0.2) is 0 Å². The maximum Gasteiger partial charge on any atom is 0.433 e. The van der Waals surface area contributed by atoms with Crippen LogP contribution < -0.4 is 0 Å². The highest BCUT2D eigenvalue weighted by molar-refractivity contribution is 5.32. The normalized spacial score (nSPS) is 16.1. The molecule has 0 aromatic carbocycles. The summed E-state index contributed by atoms with van der Waals surface area (Å²) in [5, 5.41) is 4.05. The van der Waals surface area contributed by atoms with Crippen LogP contribution in [0.4, 0.5) is 13.2 Å². The van der Waals surface area contributed by atoms with Crippen molar-refractivity contribution in [2.24, 2.45) is 0 Å². The van der Waals surface area contributed by atoms with Crippen LogP contribution in [0.2, 0.25) is 0 Å². The minimum atomic E-state index is -4.28. The minimum Gasteiger partial charge on any atom is -0.257 e. The van der Waals surface area contributed by atoms with E-state index < -0.39 is 11.9 Å². The molecule has 5 heteroatoms. The summed E-state index contributed by atoms with van der Waals surface area (Å²) in [6.45, 7) is 3.44. The summed E-state index contributed by atoms with van der Waals surface area (Å²) in [7, 11) is 0. The van der Waals surface area contributed by atoms with Crippen LogP contribution in [0.5, 0.6) is 0 Å². The van der Waals surface area contributed by atoms with Gasteiger partial charge < -0.3 is 0 Å². The van der Waals surface area contributed by atoms with Gasteiger partial charge in [0.1, 0.15) is 5.69 Å². The third-order valence-corrected chi connectivity index (χ3v) is 2.69. The third-order valence-electron chi connectivity index (χ3n) is 2.69. The van der Waals surface area contributed by atoms with Crippen LogP contribution in [0.1, 0.15) is 43.3 Å². The number of aromatic nitrogens is 2. The van der Waals surface area contributed by atoms with Crippen LogP contribution in [0.15, 0.2) is 0 Å². The molecule has 84 valence electrons. The average Bonchev–Trinajstić information content (AvgIpc) is 2.56. The molecule has 0 bridgehead atoms. The average molecular weight is 218 g/mol. The van der Waals surface area contributed by atoms with E-state index in [0.717, 1.165) is 11.1 Å². The Morgan fingerprint density at radius 2 is 1.93 bits per heavy atom. The Labute approximate surface area is 86.1 Å². The number of hydrogen-bond acceptors (Lipinski definition) is 1. The lowest BCUT2D eigenvalue weighted by Crippen LogP contribution is -2.18. The second-order valence-electron chi connectivity index (χ2n) is 4.16. The molecule has 0 atom stereocenters. The van der Waals surface area contributed by atoms with Gasteiger partial charge >= 0.3 is 6.18 Å². The van der Waals surface area contributed by atoms with Crippen molar-refractivity contribution in [3.05, 3.63) is 17.0 Å². The highest BCUT2D eigenvalue weighted by Gasteiger charge is 2.41. The van der Waals surface area contributed by atoms with E-state index in [1.807, 2.05) is 0 Å². The van der Waals surface area contributed by atoms with Crippen LogP contribution in [0.25, 0.3) is 0 Å². The van der Waals surface area contributed by atoms with Crippen molar-refractivity contribution in [2.75, 3.05) is 0 Å². The molecule has 1 aliphatic rings. The lowest BCUT2D eigenvalue weighted by molar-refractivity contribution is -0.145. The van der Waals surface area contributed by atoms with E-state index in [0.29, 0.717) is 24.1 Å². The quantitative estimate of drug-likeness (QED) is 0.708. The summed E-state index contributed by atoms with van der Waals surface area (Å²) in [6, 6.07) is -0.243. The number of alkyl halides is 3. The first-order valence-corrected chi connectivity index (χ1v) is 5.08. The van der Waals surface area contributed by atoms with Crippen LogP contribution >= 0.6 is 0 Å². The Bertz CT molecular complexity index is 377. The second-order valence-corrected chi connectivity index (χ2v) is 4.16. The molecule has 0 fully saturated rings. The first-order chi connectivity index (χ1) is 6.91. The molecule has 0 amide bonds. The smallest absolute Gasteiger partial charge is 0.257 e. The van der Waals surface area contributed by atoms with E-state index >= 15 is 0 Å².